The first-order valence-corrected chi connectivity index (χ1v) is 10.2. The van der Waals surface area contributed by atoms with Crippen molar-refractivity contribution in [3.05, 3.63) is 35.4 Å². The zero-order valence-corrected chi connectivity index (χ0v) is 16.6. The van der Waals surface area contributed by atoms with Gasteiger partial charge in [-0.15, -0.1) is 0 Å². The van der Waals surface area contributed by atoms with Crippen LogP contribution in [0, 0.1) is 12.8 Å². The number of nitrogens with zero attached hydrogens (tertiary/aromatic N) is 3. The van der Waals surface area contributed by atoms with Gasteiger partial charge in [-0.1, -0.05) is 35.0 Å². The van der Waals surface area contributed by atoms with E-state index in [1.54, 1.807) is 0 Å². The molecule has 2 aliphatic rings. The summed E-state index contributed by atoms with van der Waals surface area (Å²) < 4.78 is 5.84. The fourth-order valence-electron chi connectivity index (χ4n) is 3.80. The van der Waals surface area contributed by atoms with Gasteiger partial charge < -0.3 is 14.3 Å². The molecule has 1 saturated carbocycles. The van der Waals surface area contributed by atoms with Crippen LogP contribution in [0.3, 0.4) is 0 Å². The van der Waals surface area contributed by atoms with Crippen molar-refractivity contribution in [2.75, 3.05) is 18.0 Å². The second-order valence-corrected chi connectivity index (χ2v) is 8.21. The highest BCUT2D eigenvalue weighted by Crippen LogP contribution is 2.37. The molecule has 1 amide bonds. The van der Waals surface area contributed by atoms with Crippen LogP contribution in [0.25, 0.3) is 11.3 Å². The predicted octanol–water partition coefficient (Wildman–Crippen LogP) is 4.40. The van der Waals surface area contributed by atoms with Crippen molar-refractivity contribution in [2.24, 2.45) is 5.92 Å². The number of amides is 1. The number of rotatable bonds is 6. The van der Waals surface area contributed by atoms with Gasteiger partial charge in [0.1, 0.15) is 5.69 Å². The molecular weight excluding hydrogens is 338 g/mol. The Balaban J connectivity index is 1.71. The van der Waals surface area contributed by atoms with Crippen LogP contribution in [-0.4, -0.2) is 35.1 Å². The number of carbonyl (C=O) groups excluding carboxylic acids is 1. The first-order chi connectivity index (χ1) is 13.0. The van der Waals surface area contributed by atoms with Crippen LogP contribution in [-0.2, 0) is 11.3 Å². The van der Waals surface area contributed by atoms with Crippen molar-refractivity contribution < 1.29 is 9.32 Å². The molecule has 2 heterocycles. The standard InChI is InChI=1S/C22H29N3O2/c1-15(2)25(21(26)18-10-11-18)14-19-20(17-8-6-16(3)7-9-17)23-27-22(19)24-12-4-5-13-24/h6-9,15,18H,4-5,10-14H2,1-3H3. The van der Waals surface area contributed by atoms with E-state index in [0.717, 1.165) is 48.6 Å². The molecule has 1 aromatic carbocycles. The van der Waals surface area contributed by atoms with Crippen LogP contribution in [0.1, 0.15) is 50.7 Å². The van der Waals surface area contributed by atoms with Gasteiger partial charge in [-0.2, -0.15) is 0 Å². The molecule has 0 unspecified atom stereocenters. The first kappa shape index (κ1) is 18.1. The van der Waals surface area contributed by atoms with Gasteiger partial charge in [0, 0.05) is 30.6 Å². The third-order valence-corrected chi connectivity index (χ3v) is 5.65. The quantitative estimate of drug-likeness (QED) is 0.759. The lowest BCUT2D eigenvalue weighted by Gasteiger charge is -2.28. The Morgan fingerprint density at radius 2 is 1.89 bits per heavy atom. The molecule has 4 rings (SSSR count). The lowest BCUT2D eigenvalue weighted by Crippen LogP contribution is -2.37. The highest BCUT2D eigenvalue weighted by molar-refractivity contribution is 5.82. The van der Waals surface area contributed by atoms with Gasteiger partial charge in [-0.25, -0.2) is 0 Å². The summed E-state index contributed by atoms with van der Waals surface area (Å²) in [4.78, 5) is 17.1. The van der Waals surface area contributed by atoms with E-state index in [1.807, 2.05) is 4.90 Å². The van der Waals surface area contributed by atoms with E-state index in [4.69, 9.17) is 4.52 Å². The van der Waals surface area contributed by atoms with E-state index in [1.165, 1.54) is 18.4 Å². The van der Waals surface area contributed by atoms with Crippen LogP contribution in [0.5, 0.6) is 0 Å². The van der Waals surface area contributed by atoms with Crippen LogP contribution in [0.4, 0.5) is 5.88 Å². The molecule has 0 N–H and O–H groups in total. The molecular formula is C22H29N3O2. The molecule has 27 heavy (non-hydrogen) atoms. The third-order valence-electron chi connectivity index (χ3n) is 5.65. The van der Waals surface area contributed by atoms with Gasteiger partial charge in [0.2, 0.25) is 11.8 Å². The van der Waals surface area contributed by atoms with Crippen LogP contribution in [0.2, 0.25) is 0 Å². The van der Waals surface area contributed by atoms with E-state index in [2.05, 4.69) is 55.1 Å². The van der Waals surface area contributed by atoms with Gasteiger partial charge in [0.15, 0.2) is 0 Å². The third kappa shape index (κ3) is 3.73. The molecule has 1 aliphatic carbocycles. The largest absolute Gasteiger partial charge is 0.340 e. The number of carbonyl (C=O) groups is 1. The van der Waals surface area contributed by atoms with Crippen LogP contribution >= 0.6 is 0 Å². The Hall–Kier alpha value is -2.30. The topological polar surface area (TPSA) is 49.6 Å². The second kappa shape index (κ2) is 7.37. The van der Waals surface area contributed by atoms with Crippen LogP contribution < -0.4 is 4.90 Å². The molecule has 144 valence electrons. The molecule has 0 spiro atoms. The number of hydrogen-bond donors (Lipinski definition) is 0. The number of anilines is 1. The number of benzene rings is 1. The highest BCUT2D eigenvalue weighted by atomic mass is 16.5. The smallest absolute Gasteiger partial charge is 0.232 e. The average molecular weight is 367 g/mol. The van der Waals surface area contributed by atoms with Gasteiger partial charge in [0.05, 0.1) is 12.1 Å². The van der Waals surface area contributed by atoms with Gasteiger partial charge in [0.25, 0.3) is 0 Å². The SMILES string of the molecule is Cc1ccc(-c2noc(N3CCCC3)c2CN(C(=O)C2CC2)C(C)C)cc1. The molecule has 0 bridgehead atoms. The summed E-state index contributed by atoms with van der Waals surface area (Å²) in [6.45, 7) is 8.81. The van der Waals surface area contributed by atoms with Gasteiger partial charge in [-0.05, 0) is 46.5 Å². The summed E-state index contributed by atoms with van der Waals surface area (Å²) in [5.74, 6) is 1.33. The first-order valence-electron chi connectivity index (χ1n) is 10.2. The van der Waals surface area contributed by atoms with Crippen molar-refractivity contribution in [2.45, 2.75) is 59.0 Å². The monoisotopic (exact) mass is 367 g/mol. The van der Waals surface area contributed by atoms with Crippen molar-refractivity contribution >= 4 is 11.8 Å². The minimum absolute atomic E-state index is 0.158. The summed E-state index contributed by atoms with van der Waals surface area (Å²) in [7, 11) is 0. The Morgan fingerprint density at radius 3 is 2.48 bits per heavy atom. The minimum atomic E-state index is 0.158. The highest BCUT2D eigenvalue weighted by Gasteiger charge is 2.36. The van der Waals surface area contributed by atoms with Crippen molar-refractivity contribution in [3.8, 4) is 11.3 Å². The van der Waals surface area contributed by atoms with E-state index >= 15 is 0 Å². The van der Waals surface area contributed by atoms with E-state index < -0.39 is 0 Å². The van der Waals surface area contributed by atoms with E-state index in [9.17, 15) is 4.79 Å². The number of hydrogen-bond acceptors (Lipinski definition) is 4. The maximum absolute atomic E-state index is 12.9. The van der Waals surface area contributed by atoms with Gasteiger partial charge >= 0.3 is 0 Å². The summed E-state index contributed by atoms with van der Waals surface area (Å²) in [6.07, 6.45) is 4.40. The zero-order valence-electron chi connectivity index (χ0n) is 16.6. The molecule has 1 saturated heterocycles. The summed E-state index contributed by atoms with van der Waals surface area (Å²) in [5, 5.41) is 4.44. The molecule has 5 nitrogen and oxygen atoms in total. The molecule has 2 fully saturated rings. The maximum Gasteiger partial charge on any atom is 0.232 e. The number of aromatic nitrogens is 1. The zero-order chi connectivity index (χ0) is 19.0. The molecule has 1 aliphatic heterocycles. The van der Waals surface area contributed by atoms with Crippen molar-refractivity contribution in [3.63, 3.8) is 0 Å². The normalized spacial score (nSPS) is 17.0. The molecule has 2 aromatic rings. The fraction of sp³-hybridized carbons (Fsp3) is 0.545. The predicted molar refractivity (Wildman–Crippen MR) is 107 cm³/mol. The average Bonchev–Trinajstić information content (AvgIpc) is 3.20. The van der Waals surface area contributed by atoms with Crippen LogP contribution in [0.15, 0.2) is 28.8 Å². The molecule has 5 heteroatoms. The summed E-state index contributed by atoms with van der Waals surface area (Å²) >= 11 is 0. The van der Waals surface area contributed by atoms with Crippen molar-refractivity contribution in [1.29, 1.82) is 0 Å². The summed E-state index contributed by atoms with van der Waals surface area (Å²) in [6, 6.07) is 8.53. The Kier molecular flexibility index (Phi) is 4.94. The van der Waals surface area contributed by atoms with E-state index in [0.29, 0.717) is 6.54 Å². The lowest BCUT2D eigenvalue weighted by atomic mass is 10.0. The van der Waals surface area contributed by atoms with E-state index in [-0.39, 0.29) is 17.9 Å². The fourth-order valence-corrected chi connectivity index (χ4v) is 3.80. The number of aryl methyl sites for hydroxylation is 1. The molecule has 0 radical (unpaired) electrons. The minimum Gasteiger partial charge on any atom is -0.340 e. The molecule has 0 atom stereocenters. The van der Waals surface area contributed by atoms with Crippen molar-refractivity contribution in [1.82, 2.24) is 10.1 Å². The lowest BCUT2D eigenvalue weighted by molar-refractivity contribution is -0.134. The maximum atomic E-state index is 12.9. The van der Waals surface area contributed by atoms with Gasteiger partial charge in [-0.3, -0.25) is 4.79 Å². The second-order valence-electron chi connectivity index (χ2n) is 8.21. The Morgan fingerprint density at radius 1 is 1.22 bits per heavy atom. The Labute approximate surface area is 161 Å². The Bertz CT molecular complexity index is 799. The summed E-state index contributed by atoms with van der Waals surface area (Å²) in [5.41, 5.74) is 4.18. The molecule has 1 aromatic heterocycles.